The van der Waals surface area contributed by atoms with E-state index in [0.717, 1.165) is 30.7 Å². The fourth-order valence-electron chi connectivity index (χ4n) is 4.43. The molecule has 0 unspecified atom stereocenters. The zero-order valence-corrected chi connectivity index (χ0v) is 23.6. The molecular weight excluding hydrogens is 587 g/mol. The Hall–Kier alpha value is -4.63. The molecule has 0 bridgehead atoms. The van der Waals surface area contributed by atoms with Crippen LogP contribution in [0.25, 0.3) is 11.6 Å². The van der Waals surface area contributed by atoms with E-state index in [4.69, 9.17) is 9.15 Å². The van der Waals surface area contributed by atoms with Gasteiger partial charge in [-0.2, -0.15) is 13.2 Å². The van der Waals surface area contributed by atoms with Gasteiger partial charge in [-0.15, -0.1) is 5.10 Å². The van der Waals surface area contributed by atoms with Crippen LogP contribution in [-0.4, -0.2) is 64.8 Å². The van der Waals surface area contributed by atoms with Crippen molar-refractivity contribution >= 4 is 45.6 Å². The molecule has 1 saturated heterocycles. The lowest BCUT2D eigenvalue weighted by molar-refractivity contribution is -0.180. The Bertz CT molecular complexity index is 1720. The summed E-state index contributed by atoms with van der Waals surface area (Å²) < 4.78 is 52.7. The monoisotopic (exact) mass is 611 g/mol. The van der Waals surface area contributed by atoms with Crippen molar-refractivity contribution in [1.82, 2.24) is 15.2 Å². The number of hydrogen-bond donors (Lipinski definition) is 2. The highest BCUT2D eigenvalue weighted by atomic mass is 32.1. The summed E-state index contributed by atoms with van der Waals surface area (Å²) in [6.07, 6.45) is -5.82. The van der Waals surface area contributed by atoms with Gasteiger partial charge < -0.3 is 19.8 Å². The number of hydrogen-bond acceptors (Lipinski definition) is 10. The Labute approximate surface area is 246 Å². The van der Waals surface area contributed by atoms with Gasteiger partial charge in [-0.25, -0.2) is 9.98 Å². The van der Waals surface area contributed by atoms with Gasteiger partial charge in [0.25, 0.3) is 17.7 Å². The number of morpholine rings is 1. The predicted octanol–water partition coefficient (Wildman–Crippen LogP) is 4.62. The number of para-hydroxylation sites is 1. The van der Waals surface area contributed by atoms with E-state index in [0.29, 0.717) is 17.0 Å². The number of halogens is 3. The minimum atomic E-state index is -4.62. The van der Waals surface area contributed by atoms with Crippen molar-refractivity contribution < 1.29 is 31.9 Å². The summed E-state index contributed by atoms with van der Waals surface area (Å²) in [7, 11) is 0. The zero-order valence-electron chi connectivity index (χ0n) is 22.8. The molecular formula is C28H24F3N7O4S. The molecule has 2 aromatic heterocycles. The summed E-state index contributed by atoms with van der Waals surface area (Å²) in [5.74, 6) is -1.18. The fourth-order valence-corrected chi connectivity index (χ4v) is 5.65. The van der Waals surface area contributed by atoms with E-state index in [-0.39, 0.29) is 47.4 Å². The molecule has 0 saturated carbocycles. The summed E-state index contributed by atoms with van der Waals surface area (Å²) in [6.45, 7) is 2.09. The first-order valence-corrected chi connectivity index (χ1v) is 13.9. The Morgan fingerprint density at radius 3 is 2.53 bits per heavy atom. The number of carbonyl (C=O) groups is 2. The van der Waals surface area contributed by atoms with E-state index in [1.165, 1.54) is 4.90 Å². The Morgan fingerprint density at radius 1 is 1.05 bits per heavy atom. The number of benzene rings is 2. The highest BCUT2D eigenvalue weighted by molar-refractivity contribution is 7.16. The molecule has 11 nitrogen and oxygen atoms in total. The summed E-state index contributed by atoms with van der Waals surface area (Å²) >= 11 is 0.722. The van der Waals surface area contributed by atoms with Gasteiger partial charge in [0.1, 0.15) is 22.0 Å². The number of rotatable bonds is 6. The summed E-state index contributed by atoms with van der Waals surface area (Å²) in [6, 6.07) is 16.3. The van der Waals surface area contributed by atoms with E-state index in [1.54, 1.807) is 12.1 Å². The van der Waals surface area contributed by atoms with Crippen LogP contribution < -0.4 is 15.5 Å². The van der Waals surface area contributed by atoms with E-state index < -0.39 is 29.6 Å². The molecule has 2 N–H and O–H groups in total. The molecule has 6 rings (SSSR count). The first-order valence-electron chi connectivity index (χ1n) is 13.1. The lowest BCUT2D eigenvalue weighted by Crippen LogP contribution is -2.41. The molecule has 0 aliphatic carbocycles. The van der Waals surface area contributed by atoms with Crippen molar-refractivity contribution in [3.63, 3.8) is 0 Å². The van der Waals surface area contributed by atoms with Gasteiger partial charge in [0.15, 0.2) is 5.69 Å². The molecule has 0 spiro atoms. The standard InChI is InChI=1S/C28H24F3N7O4S/c1-27(2,28(29,30)31)25-34-20(24(43-25)38-12-13-41-14-18(38)39)23-36-37-26(42-23)35-21-22(40)32-17-11-7-6-10-16(17)19(33-21)15-8-4-3-5-9-15/h3-11,21H,12-14H2,1-2H3,(H,32,40)(H,35,37)/t21-/m1/s1. The van der Waals surface area contributed by atoms with Crippen molar-refractivity contribution in [3.8, 4) is 11.6 Å². The minimum Gasteiger partial charge on any atom is -0.402 e. The number of nitrogens with zero attached hydrogens (tertiary/aromatic N) is 5. The van der Waals surface area contributed by atoms with E-state index >= 15 is 0 Å². The van der Waals surface area contributed by atoms with Gasteiger partial charge >= 0.3 is 12.2 Å². The van der Waals surface area contributed by atoms with Crippen LogP contribution in [0.3, 0.4) is 0 Å². The topological polar surface area (TPSA) is 135 Å². The number of aromatic nitrogens is 3. The molecule has 2 amide bonds. The van der Waals surface area contributed by atoms with Crippen molar-refractivity contribution in [3.05, 3.63) is 70.7 Å². The third-order valence-electron chi connectivity index (χ3n) is 6.97. The molecule has 4 aromatic rings. The predicted molar refractivity (Wildman–Crippen MR) is 152 cm³/mol. The molecule has 2 aliphatic rings. The molecule has 1 fully saturated rings. The Morgan fingerprint density at radius 2 is 1.79 bits per heavy atom. The molecule has 2 aliphatic heterocycles. The maximum Gasteiger partial charge on any atom is 0.400 e. The van der Waals surface area contributed by atoms with Crippen molar-refractivity contribution in [1.29, 1.82) is 0 Å². The Balaban J connectivity index is 1.36. The van der Waals surface area contributed by atoms with Crippen LogP contribution in [0.15, 0.2) is 64.0 Å². The average molecular weight is 612 g/mol. The van der Waals surface area contributed by atoms with Crippen LogP contribution in [-0.2, 0) is 19.7 Å². The van der Waals surface area contributed by atoms with Crippen LogP contribution >= 0.6 is 11.3 Å². The summed E-state index contributed by atoms with van der Waals surface area (Å²) in [5.41, 5.74) is 0.175. The normalized spacial score (nSPS) is 17.7. The lowest BCUT2D eigenvalue weighted by Gasteiger charge is -2.26. The molecule has 2 aromatic carbocycles. The van der Waals surface area contributed by atoms with Crippen LogP contribution in [0.4, 0.5) is 29.9 Å². The second-order valence-electron chi connectivity index (χ2n) is 10.2. The third-order valence-corrected chi connectivity index (χ3v) is 8.37. The van der Waals surface area contributed by atoms with Gasteiger partial charge in [0.2, 0.25) is 6.17 Å². The van der Waals surface area contributed by atoms with Crippen molar-refractivity contribution in [2.45, 2.75) is 31.6 Å². The number of nitrogens with one attached hydrogen (secondary N) is 2. The molecule has 4 heterocycles. The minimum absolute atomic E-state index is 0.0840. The first-order chi connectivity index (χ1) is 20.5. The second kappa shape index (κ2) is 10.9. The van der Waals surface area contributed by atoms with Crippen LogP contribution in [0.1, 0.15) is 30.0 Å². The van der Waals surface area contributed by atoms with E-state index in [1.807, 2.05) is 42.5 Å². The lowest BCUT2D eigenvalue weighted by atomic mass is 9.94. The van der Waals surface area contributed by atoms with Crippen LogP contribution in [0, 0.1) is 0 Å². The van der Waals surface area contributed by atoms with Crippen molar-refractivity contribution in [2.24, 2.45) is 4.99 Å². The number of aliphatic imine (C=N–C) groups is 1. The third kappa shape index (κ3) is 5.36. The van der Waals surface area contributed by atoms with Gasteiger partial charge in [0.05, 0.1) is 24.6 Å². The number of thiazole rings is 1. The van der Waals surface area contributed by atoms with E-state index in [9.17, 15) is 22.8 Å². The fraction of sp³-hybridized carbons (Fsp3) is 0.286. The number of alkyl halides is 3. The van der Waals surface area contributed by atoms with Gasteiger partial charge in [-0.3, -0.25) is 14.5 Å². The van der Waals surface area contributed by atoms with E-state index in [2.05, 4.69) is 30.8 Å². The van der Waals surface area contributed by atoms with Gasteiger partial charge in [-0.05, 0) is 19.9 Å². The average Bonchev–Trinajstić information content (AvgIpc) is 3.60. The molecule has 0 radical (unpaired) electrons. The number of anilines is 3. The molecule has 222 valence electrons. The molecule has 43 heavy (non-hydrogen) atoms. The quantitative estimate of drug-likeness (QED) is 0.323. The first kappa shape index (κ1) is 28.5. The SMILES string of the molecule is CC(C)(c1nc(-c2nnc(N[C@H]3N=C(c4ccccc4)c4ccccc4NC3=O)o2)c(N2CCOCC2=O)s1)C(F)(F)F. The number of fused-ring (bicyclic) bond motifs is 1. The molecule has 15 heteroatoms. The summed E-state index contributed by atoms with van der Waals surface area (Å²) in [4.78, 5) is 36.0. The number of amides is 2. The van der Waals surface area contributed by atoms with Crippen LogP contribution in [0.2, 0.25) is 0 Å². The molecule has 1 atom stereocenters. The maximum atomic E-state index is 13.9. The van der Waals surface area contributed by atoms with Crippen LogP contribution in [0.5, 0.6) is 0 Å². The summed E-state index contributed by atoms with van der Waals surface area (Å²) in [5, 5.41) is 13.5. The zero-order chi connectivity index (χ0) is 30.4. The highest BCUT2D eigenvalue weighted by Gasteiger charge is 2.51. The van der Waals surface area contributed by atoms with Gasteiger partial charge in [0, 0.05) is 11.1 Å². The number of carbonyl (C=O) groups excluding carboxylic acids is 2. The Kier molecular flexibility index (Phi) is 7.22. The second-order valence-corrected chi connectivity index (χ2v) is 11.2. The number of benzodiazepines with no additional fused rings is 1. The van der Waals surface area contributed by atoms with Crippen molar-refractivity contribution in [2.75, 3.05) is 35.3 Å². The largest absolute Gasteiger partial charge is 0.402 e. The smallest absolute Gasteiger partial charge is 0.400 e. The number of ether oxygens (including phenoxy) is 1. The van der Waals surface area contributed by atoms with Gasteiger partial charge in [-0.1, -0.05) is 65.0 Å². The highest BCUT2D eigenvalue weighted by Crippen LogP contribution is 2.47. The maximum absolute atomic E-state index is 13.9.